The summed E-state index contributed by atoms with van der Waals surface area (Å²) in [6, 6.07) is 12.8. The zero-order valence-electron chi connectivity index (χ0n) is 27.0. The third kappa shape index (κ3) is 10.1. The van der Waals surface area contributed by atoms with Gasteiger partial charge in [-0.05, 0) is 89.8 Å². The Morgan fingerprint density at radius 3 is 2.20 bits per heavy atom. The van der Waals surface area contributed by atoms with Crippen molar-refractivity contribution in [1.29, 1.82) is 0 Å². The Labute approximate surface area is 265 Å². The van der Waals surface area contributed by atoms with Crippen LogP contribution in [0.5, 0.6) is 0 Å². The van der Waals surface area contributed by atoms with Gasteiger partial charge in [0, 0.05) is 22.4 Å². The largest absolute Gasteiger partial charge is 0.459 e. The SMILES string of the molecule is CCC(C)(C)c1ccc(CC(NS(=O)(=O)c2ccccn2)c2cccc(N(CC(=O)OC(C)(C)C)C(=O)OC(C)(C)C)n2)s1. The Kier molecular flexibility index (Phi) is 11.0. The van der Waals surface area contributed by atoms with Crippen LogP contribution in [0.4, 0.5) is 10.6 Å². The van der Waals surface area contributed by atoms with E-state index in [1.165, 1.54) is 17.1 Å². The van der Waals surface area contributed by atoms with E-state index in [4.69, 9.17) is 14.5 Å². The van der Waals surface area contributed by atoms with E-state index in [0.717, 1.165) is 16.2 Å². The fourth-order valence-corrected chi connectivity index (χ4v) is 6.41. The summed E-state index contributed by atoms with van der Waals surface area (Å²) in [7, 11) is -4.04. The van der Waals surface area contributed by atoms with Crippen molar-refractivity contribution in [2.45, 2.75) is 103 Å². The minimum absolute atomic E-state index is 0.0282. The predicted molar refractivity (Wildman–Crippen MR) is 172 cm³/mol. The second-order valence-electron chi connectivity index (χ2n) is 13.1. The van der Waals surface area contributed by atoms with Gasteiger partial charge < -0.3 is 9.47 Å². The molecule has 0 aliphatic rings. The summed E-state index contributed by atoms with van der Waals surface area (Å²) in [5.41, 5.74) is -1.29. The van der Waals surface area contributed by atoms with E-state index in [2.05, 4.69) is 36.5 Å². The van der Waals surface area contributed by atoms with Crippen molar-refractivity contribution in [1.82, 2.24) is 14.7 Å². The molecule has 0 aromatic carbocycles. The number of thiophene rings is 1. The molecular weight excluding hydrogens is 601 g/mol. The monoisotopic (exact) mass is 644 g/mol. The lowest BCUT2D eigenvalue weighted by molar-refractivity contribution is -0.153. The number of carbonyl (C=O) groups is 2. The Balaban J connectivity index is 2.06. The average molecular weight is 645 g/mol. The van der Waals surface area contributed by atoms with E-state index < -0.39 is 45.9 Å². The fraction of sp³-hybridized carbons (Fsp3) is 0.500. The van der Waals surface area contributed by atoms with Crippen molar-refractivity contribution in [3.05, 3.63) is 70.2 Å². The molecule has 0 fully saturated rings. The van der Waals surface area contributed by atoms with Crippen LogP contribution >= 0.6 is 11.3 Å². The molecule has 3 heterocycles. The highest BCUT2D eigenvalue weighted by Gasteiger charge is 2.31. The molecule has 0 radical (unpaired) electrons. The lowest BCUT2D eigenvalue weighted by atomic mass is 9.89. The number of hydrogen-bond donors (Lipinski definition) is 1. The van der Waals surface area contributed by atoms with Crippen LogP contribution in [-0.2, 0) is 36.1 Å². The maximum absolute atomic E-state index is 13.4. The van der Waals surface area contributed by atoms with Gasteiger partial charge in [0.05, 0.1) is 11.7 Å². The maximum Gasteiger partial charge on any atom is 0.416 e. The fourth-order valence-electron chi connectivity index (χ4n) is 4.03. The van der Waals surface area contributed by atoms with Crippen LogP contribution in [0.3, 0.4) is 0 Å². The standard InChI is InChI=1S/C32H44N4O6S2/c1-10-32(8,9)25-18-17-22(43-25)20-24(35-44(39,40)27-16-11-12-19-33-27)23-14-13-15-26(34-23)36(29(38)42-31(5,6)7)21-28(37)41-30(2,3)4/h11-19,24,35H,10,20-21H2,1-9H3. The predicted octanol–water partition coefficient (Wildman–Crippen LogP) is 6.57. The van der Waals surface area contributed by atoms with Gasteiger partial charge in [-0.25, -0.2) is 27.9 Å². The molecule has 240 valence electrons. The third-order valence-corrected chi connectivity index (χ3v) is 9.40. The van der Waals surface area contributed by atoms with Gasteiger partial charge in [0.15, 0.2) is 5.03 Å². The van der Waals surface area contributed by atoms with E-state index >= 15 is 0 Å². The zero-order valence-corrected chi connectivity index (χ0v) is 28.6. The number of nitrogens with zero attached hydrogens (tertiary/aromatic N) is 3. The van der Waals surface area contributed by atoms with Crippen LogP contribution in [0.25, 0.3) is 0 Å². The van der Waals surface area contributed by atoms with E-state index in [9.17, 15) is 18.0 Å². The summed E-state index contributed by atoms with van der Waals surface area (Å²) in [5.74, 6) is -0.531. The van der Waals surface area contributed by atoms with Gasteiger partial charge in [-0.1, -0.05) is 32.9 Å². The maximum atomic E-state index is 13.4. The molecule has 10 nitrogen and oxygen atoms in total. The van der Waals surface area contributed by atoms with E-state index in [1.54, 1.807) is 83.2 Å². The van der Waals surface area contributed by atoms with Gasteiger partial charge in [-0.15, -0.1) is 11.3 Å². The normalized spacial score (nSPS) is 13.3. The van der Waals surface area contributed by atoms with E-state index in [1.807, 2.05) is 6.07 Å². The molecule has 0 saturated carbocycles. The van der Waals surface area contributed by atoms with Crippen molar-refractivity contribution < 1.29 is 27.5 Å². The number of hydrogen-bond acceptors (Lipinski definition) is 9. The number of amides is 1. The summed E-state index contributed by atoms with van der Waals surface area (Å²) < 4.78 is 40.7. The van der Waals surface area contributed by atoms with E-state index in [0.29, 0.717) is 12.1 Å². The number of rotatable bonds is 11. The Morgan fingerprint density at radius 2 is 1.61 bits per heavy atom. The van der Waals surface area contributed by atoms with Crippen LogP contribution in [0.15, 0.2) is 59.8 Å². The van der Waals surface area contributed by atoms with Gasteiger partial charge in [0.25, 0.3) is 10.0 Å². The first kappa shape index (κ1) is 35.1. The van der Waals surface area contributed by atoms with Gasteiger partial charge in [-0.3, -0.25) is 9.69 Å². The van der Waals surface area contributed by atoms with Crippen LogP contribution < -0.4 is 9.62 Å². The number of pyridine rings is 2. The molecule has 0 bridgehead atoms. The Bertz CT molecular complexity index is 1540. The van der Waals surface area contributed by atoms with Crippen molar-refractivity contribution >= 4 is 39.2 Å². The summed E-state index contributed by atoms with van der Waals surface area (Å²) >= 11 is 1.62. The smallest absolute Gasteiger partial charge is 0.416 e. The first-order chi connectivity index (χ1) is 20.3. The van der Waals surface area contributed by atoms with Crippen LogP contribution in [-0.4, -0.2) is 48.2 Å². The summed E-state index contributed by atoms with van der Waals surface area (Å²) in [6.07, 6.45) is 1.87. The van der Waals surface area contributed by atoms with Crippen molar-refractivity contribution in [2.75, 3.05) is 11.4 Å². The van der Waals surface area contributed by atoms with Crippen LogP contribution in [0.2, 0.25) is 0 Å². The van der Waals surface area contributed by atoms with Crippen LogP contribution in [0.1, 0.15) is 90.2 Å². The molecule has 3 rings (SSSR count). The number of nitrogens with one attached hydrogen (secondary N) is 1. The highest BCUT2D eigenvalue weighted by atomic mass is 32.2. The van der Waals surface area contributed by atoms with Crippen LogP contribution in [0, 0.1) is 0 Å². The minimum atomic E-state index is -4.04. The molecule has 0 aliphatic carbocycles. The summed E-state index contributed by atoms with van der Waals surface area (Å²) in [5, 5.41) is -0.125. The molecule has 3 aromatic heterocycles. The lowest BCUT2D eigenvalue weighted by Crippen LogP contribution is -2.42. The molecule has 12 heteroatoms. The van der Waals surface area contributed by atoms with Crippen molar-refractivity contribution in [2.24, 2.45) is 0 Å². The summed E-state index contributed by atoms with van der Waals surface area (Å²) in [4.78, 5) is 38.1. The molecule has 0 spiro atoms. The van der Waals surface area contributed by atoms with Gasteiger partial charge in [-0.2, -0.15) is 0 Å². The third-order valence-electron chi connectivity index (χ3n) is 6.54. The quantitative estimate of drug-likeness (QED) is 0.232. The average Bonchev–Trinajstić information content (AvgIpc) is 3.39. The molecule has 3 aromatic rings. The molecule has 0 aliphatic heterocycles. The number of ether oxygens (including phenoxy) is 2. The van der Waals surface area contributed by atoms with E-state index in [-0.39, 0.29) is 16.3 Å². The first-order valence-electron chi connectivity index (χ1n) is 14.5. The van der Waals surface area contributed by atoms with Gasteiger partial charge in [0.1, 0.15) is 23.6 Å². The van der Waals surface area contributed by atoms with Crippen molar-refractivity contribution in [3.8, 4) is 0 Å². The molecule has 1 unspecified atom stereocenters. The highest BCUT2D eigenvalue weighted by Crippen LogP contribution is 2.34. The van der Waals surface area contributed by atoms with Gasteiger partial charge in [0.2, 0.25) is 0 Å². The molecule has 44 heavy (non-hydrogen) atoms. The number of aromatic nitrogens is 2. The molecule has 1 amide bonds. The molecule has 1 atom stereocenters. The number of anilines is 1. The van der Waals surface area contributed by atoms with Crippen molar-refractivity contribution in [3.63, 3.8) is 0 Å². The molecular formula is C32H44N4O6S2. The lowest BCUT2D eigenvalue weighted by Gasteiger charge is -2.28. The first-order valence-corrected chi connectivity index (χ1v) is 16.8. The minimum Gasteiger partial charge on any atom is -0.459 e. The topological polar surface area (TPSA) is 128 Å². The Hall–Kier alpha value is -3.35. The number of sulfonamides is 1. The van der Waals surface area contributed by atoms with Gasteiger partial charge >= 0.3 is 12.1 Å². The number of esters is 1. The second kappa shape index (κ2) is 13.7. The molecule has 0 saturated heterocycles. The summed E-state index contributed by atoms with van der Waals surface area (Å²) in [6.45, 7) is 16.4. The zero-order chi connectivity index (χ0) is 32.9. The Morgan fingerprint density at radius 1 is 0.932 bits per heavy atom. The highest BCUT2D eigenvalue weighted by molar-refractivity contribution is 7.89. The molecule has 1 N–H and O–H groups in total. The number of carbonyl (C=O) groups excluding carboxylic acids is 2. The second-order valence-corrected chi connectivity index (χ2v) is 16.0.